The largest absolute Gasteiger partial charge is 0.373 e. The number of carbonyl (C=O) groups excluding carboxylic acids is 1. The molecular formula is C15H16O4. The fraction of sp³-hybridized carbons (Fsp3) is 0.800. The van der Waals surface area contributed by atoms with Crippen molar-refractivity contribution >= 4 is 6.29 Å². The molecule has 0 aromatic rings. The zero-order valence-corrected chi connectivity index (χ0v) is 10.4. The van der Waals surface area contributed by atoms with Gasteiger partial charge in [-0.1, -0.05) is 12.2 Å². The normalized spacial score (nSPS) is 69.8. The third-order valence-corrected chi connectivity index (χ3v) is 6.53. The third kappa shape index (κ3) is 0.920. The molecule has 6 bridgehead atoms. The first-order valence-electron chi connectivity index (χ1n) is 7.47. The minimum atomic E-state index is 0.0997. The molecule has 5 fully saturated rings. The smallest absolute Gasteiger partial charge is 0.125 e. The van der Waals surface area contributed by atoms with Crippen molar-refractivity contribution < 1.29 is 19.0 Å². The number of carbonyl (C=O) groups is 1. The predicted molar refractivity (Wildman–Crippen MR) is 63.3 cm³/mol. The molecule has 6 aliphatic rings. The van der Waals surface area contributed by atoms with E-state index in [0.717, 1.165) is 12.7 Å². The fourth-order valence-electron chi connectivity index (χ4n) is 6.06. The van der Waals surface area contributed by atoms with Crippen molar-refractivity contribution in [2.75, 3.05) is 0 Å². The van der Waals surface area contributed by atoms with E-state index in [2.05, 4.69) is 12.2 Å². The molecule has 0 aromatic carbocycles. The summed E-state index contributed by atoms with van der Waals surface area (Å²) >= 11 is 0. The molecule has 0 N–H and O–H groups in total. The summed E-state index contributed by atoms with van der Waals surface area (Å²) in [7, 11) is 0. The average molecular weight is 260 g/mol. The Labute approximate surface area is 111 Å². The first-order valence-corrected chi connectivity index (χ1v) is 7.47. The molecule has 6 rings (SSSR count). The lowest BCUT2D eigenvalue weighted by molar-refractivity contribution is -0.113. The summed E-state index contributed by atoms with van der Waals surface area (Å²) in [6, 6.07) is 0. The summed E-state index contributed by atoms with van der Waals surface area (Å²) in [5, 5.41) is 0. The Morgan fingerprint density at radius 1 is 0.842 bits per heavy atom. The van der Waals surface area contributed by atoms with E-state index in [1.807, 2.05) is 0 Å². The molecule has 0 aromatic heterocycles. The van der Waals surface area contributed by atoms with Gasteiger partial charge in [-0.25, -0.2) is 0 Å². The van der Waals surface area contributed by atoms with E-state index >= 15 is 0 Å². The van der Waals surface area contributed by atoms with Crippen LogP contribution < -0.4 is 0 Å². The minimum absolute atomic E-state index is 0.0997. The molecule has 0 saturated carbocycles. The average Bonchev–Trinajstić information content (AvgIpc) is 3.20. The molecule has 11 atom stereocenters. The van der Waals surface area contributed by atoms with E-state index in [0.29, 0.717) is 29.8 Å². The molecule has 6 aliphatic heterocycles. The van der Waals surface area contributed by atoms with Crippen molar-refractivity contribution in [2.45, 2.75) is 43.0 Å². The number of fused-ring (bicyclic) bond motifs is 16. The number of ether oxygens (including phenoxy) is 3. The van der Waals surface area contributed by atoms with Crippen molar-refractivity contribution in [3.8, 4) is 0 Å². The third-order valence-electron chi connectivity index (χ3n) is 6.53. The Kier molecular flexibility index (Phi) is 1.58. The Bertz CT molecular complexity index is 502. The van der Waals surface area contributed by atoms with Crippen LogP contribution in [0, 0.1) is 29.6 Å². The molecule has 4 nitrogen and oxygen atoms in total. The second-order valence-corrected chi connectivity index (χ2v) is 7.00. The zero-order valence-electron chi connectivity index (χ0n) is 10.4. The van der Waals surface area contributed by atoms with Gasteiger partial charge in [0.25, 0.3) is 0 Å². The van der Waals surface area contributed by atoms with Gasteiger partial charge >= 0.3 is 0 Å². The molecule has 0 amide bonds. The molecule has 100 valence electrons. The van der Waals surface area contributed by atoms with Crippen LogP contribution in [0.4, 0.5) is 0 Å². The van der Waals surface area contributed by atoms with Crippen LogP contribution in [0.3, 0.4) is 0 Å². The van der Waals surface area contributed by atoms with Gasteiger partial charge in [0, 0.05) is 29.6 Å². The van der Waals surface area contributed by atoms with Crippen molar-refractivity contribution in [3.63, 3.8) is 0 Å². The van der Waals surface area contributed by atoms with Crippen LogP contribution in [0.25, 0.3) is 0 Å². The topological polar surface area (TPSA) is 44.8 Å². The van der Waals surface area contributed by atoms with E-state index in [9.17, 15) is 4.79 Å². The van der Waals surface area contributed by atoms with Crippen LogP contribution in [0.5, 0.6) is 0 Å². The quantitative estimate of drug-likeness (QED) is 0.510. The first-order chi connectivity index (χ1) is 9.36. The number of hydrogen-bond donors (Lipinski definition) is 0. The first kappa shape index (κ1) is 10.1. The summed E-state index contributed by atoms with van der Waals surface area (Å²) in [6.45, 7) is 0. The van der Waals surface area contributed by atoms with Crippen molar-refractivity contribution in [2.24, 2.45) is 29.6 Å². The van der Waals surface area contributed by atoms with Gasteiger partial charge in [0.2, 0.25) is 0 Å². The van der Waals surface area contributed by atoms with Crippen LogP contribution in [-0.4, -0.2) is 42.9 Å². The molecular weight excluding hydrogens is 244 g/mol. The number of rotatable bonds is 1. The summed E-state index contributed by atoms with van der Waals surface area (Å²) in [5.74, 6) is 2.11. The second kappa shape index (κ2) is 2.97. The van der Waals surface area contributed by atoms with Crippen molar-refractivity contribution in [3.05, 3.63) is 12.2 Å². The van der Waals surface area contributed by atoms with Gasteiger partial charge < -0.3 is 19.0 Å². The van der Waals surface area contributed by atoms with Crippen LogP contribution in [0.2, 0.25) is 0 Å². The standard InChI is InChI=1S/C15H16O4/c16-4-5-3-8-11-12(13(5)18-8)15-10-7-2-1-6(17-7)9(10)14(11)19-15/h1-2,4-15H,3H2. The van der Waals surface area contributed by atoms with E-state index < -0.39 is 0 Å². The van der Waals surface area contributed by atoms with E-state index in [4.69, 9.17) is 14.2 Å². The lowest BCUT2D eigenvalue weighted by atomic mass is 9.59. The van der Waals surface area contributed by atoms with Crippen molar-refractivity contribution in [1.29, 1.82) is 0 Å². The lowest BCUT2D eigenvalue weighted by Crippen LogP contribution is -2.49. The van der Waals surface area contributed by atoms with Gasteiger partial charge in [0.1, 0.15) is 6.29 Å². The van der Waals surface area contributed by atoms with Gasteiger partial charge in [0.05, 0.1) is 36.6 Å². The van der Waals surface area contributed by atoms with Gasteiger partial charge in [-0.05, 0) is 6.42 Å². The van der Waals surface area contributed by atoms with Gasteiger partial charge in [-0.3, -0.25) is 0 Å². The maximum atomic E-state index is 11.2. The SMILES string of the molecule is O=CC1CC2OC1C1C3OC(C4C5C=CC(O5)C34)C21. The van der Waals surface area contributed by atoms with Crippen molar-refractivity contribution in [1.82, 2.24) is 0 Å². The Morgan fingerprint density at radius 3 is 2.32 bits per heavy atom. The summed E-state index contributed by atoms with van der Waals surface area (Å²) in [6.07, 6.45) is 7.89. The Morgan fingerprint density at radius 2 is 1.58 bits per heavy atom. The molecule has 19 heavy (non-hydrogen) atoms. The van der Waals surface area contributed by atoms with Gasteiger partial charge in [-0.2, -0.15) is 0 Å². The summed E-state index contributed by atoms with van der Waals surface area (Å²) in [4.78, 5) is 11.2. The number of aldehydes is 1. The van der Waals surface area contributed by atoms with Crippen LogP contribution >= 0.6 is 0 Å². The maximum absolute atomic E-state index is 11.2. The van der Waals surface area contributed by atoms with Crippen LogP contribution in [0.1, 0.15) is 6.42 Å². The van der Waals surface area contributed by atoms with Crippen LogP contribution in [-0.2, 0) is 19.0 Å². The second-order valence-electron chi connectivity index (χ2n) is 7.00. The summed E-state index contributed by atoms with van der Waals surface area (Å²) in [5.41, 5.74) is 0. The highest BCUT2D eigenvalue weighted by Gasteiger charge is 2.74. The Hall–Kier alpha value is -0.710. The van der Waals surface area contributed by atoms with E-state index in [1.54, 1.807) is 0 Å². The lowest BCUT2D eigenvalue weighted by Gasteiger charge is -2.38. The molecule has 11 unspecified atom stereocenters. The van der Waals surface area contributed by atoms with Gasteiger partial charge in [0.15, 0.2) is 0 Å². The molecule has 0 radical (unpaired) electrons. The predicted octanol–water partition coefficient (Wildman–Crippen LogP) is 0.556. The van der Waals surface area contributed by atoms with Gasteiger partial charge in [-0.15, -0.1) is 0 Å². The molecule has 0 aliphatic carbocycles. The van der Waals surface area contributed by atoms with Crippen LogP contribution in [0.15, 0.2) is 12.2 Å². The van der Waals surface area contributed by atoms with E-state index in [-0.39, 0.29) is 36.4 Å². The molecule has 6 heterocycles. The van der Waals surface area contributed by atoms with E-state index in [1.165, 1.54) is 0 Å². The maximum Gasteiger partial charge on any atom is 0.125 e. The minimum Gasteiger partial charge on any atom is -0.373 e. The fourth-order valence-corrected chi connectivity index (χ4v) is 6.06. The Balaban J connectivity index is 1.44. The highest BCUT2D eigenvalue weighted by molar-refractivity contribution is 5.56. The molecule has 4 heteroatoms. The zero-order chi connectivity index (χ0) is 12.3. The highest BCUT2D eigenvalue weighted by Crippen LogP contribution is 2.65. The molecule has 5 saturated heterocycles. The molecule has 0 spiro atoms. The monoisotopic (exact) mass is 260 g/mol. The highest BCUT2D eigenvalue weighted by atomic mass is 16.6. The summed E-state index contributed by atoms with van der Waals surface area (Å²) < 4.78 is 18.5. The number of hydrogen-bond acceptors (Lipinski definition) is 4.